The maximum absolute atomic E-state index is 11.0. The summed E-state index contributed by atoms with van der Waals surface area (Å²) in [7, 11) is 1.63. The van der Waals surface area contributed by atoms with Crippen molar-refractivity contribution in [3.05, 3.63) is 47.0 Å². The predicted octanol–water partition coefficient (Wildman–Crippen LogP) is 2.21. The molecule has 0 spiro atoms. The summed E-state index contributed by atoms with van der Waals surface area (Å²) in [6.07, 6.45) is 1.38. The molecule has 100 valence electrons. The third-order valence-electron chi connectivity index (χ3n) is 2.92. The number of H-pyrrole nitrogens is 1. The van der Waals surface area contributed by atoms with Crippen LogP contribution >= 0.6 is 0 Å². The molecule has 5 heteroatoms. The van der Waals surface area contributed by atoms with Crippen LogP contribution in [0, 0.1) is 6.92 Å². The van der Waals surface area contributed by atoms with Crippen molar-refractivity contribution in [2.24, 2.45) is 0 Å². The lowest BCUT2D eigenvalue weighted by Gasteiger charge is -2.03. The number of aromatic nitrogens is 2. The van der Waals surface area contributed by atoms with Crippen LogP contribution < -0.4 is 4.74 Å². The highest BCUT2D eigenvalue weighted by Crippen LogP contribution is 2.14. The van der Waals surface area contributed by atoms with E-state index in [0.29, 0.717) is 17.9 Å². The topological polar surface area (TPSA) is 75.2 Å². The minimum absolute atomic E-state index is 0.117. The SMILES string of the molecule is COc1ccc(CCc2[nH]c(C)nc2C(=O)O)cc1. The first-order valence-electron chi connectivity index (χ1n) is 6.02. The molecule has 1 aromatic heterocycles. The van der Waals surface area contributed by atoms with Crippen molar-refractivity contribution in [2.45, 2.75) is 19.8 Å². The predicted molar refractivity (Wildman–Crippen MR) is 70.7 cm³/mol. The highest BCUT2D eigenvalue weighted by molar-refractivity contribution is 5.86. The fourth-order valence-electron chi connectivity index (χ4n) is 1.96. The van der Waals surface area contributed by atoms with Gasteiger partial charge in [-0.1, -0.05) is 12.1 Å². The van der Waals surface area contributed by atoms with Crippen LogP contribution in [-0.2, 0) is 12.8 Å². The van der Waals surface area contributed by atoms with E-state index in [1.54, 1.807) is 14.0 Å². The van der Waals surface area contributed by atoms with Gasteiger partial charge >= 0.3 is 5.97 Å². The Balaban J connectivity index is 2.07. The number of aromatic amines is 1. The molecule has 0 aliphatic rings. The summed E-state index contributed by atoms with van der Waals surface area (Å²) in [5.41, 5.74) is 1.91. The van der Waals surface area contributed by atoms with Crippen LogP contribution in [0.4, 0.5) is 0 Å². The molecule has 0 aliphatic carbocycles. The second-order valence-electron chi connectivity index (χ2n) is 4.30. The van der Waals surface area contributed by atoms with Crippen LogP contribution in [0.3, 0.4) is 0 Å². The number of rotatable bonds is 5. The number of imidazole rings is 1. The molecule has 0 aliphatic heterocycles. The fraction of sp³-hybridized carbons (Fsp3) is 0.286. The number of benzene rings is 1. The molecule has 0 unspecified atom stereocenters. The van der Waals surface area contributed by atoms with Gasteiger partial charge in [-0.15, -0.1) is 0 Å². The molecule has 0 amide bonds. The molecule has 2 aromatic rings. The van der Waals surface area contributed by atoms with Gasteiger partial charge in [0, 0.05) is 5.69 Å². The van der Waals surface area contributed by atoms with Gasteiger partial charge in [0.2, 0.25) is 0 Å². The zero-order chi connectivity index (χ0) is 13.8. The van der Waals surface area contributed by atoms with Gasteiger partial charge in [-0.3, -0.25) is 0 Å². The van der Waals surface area contributed by atoms with Gasteiger partial charge in [-0.05, 0) is 37.5 Å². The van der Waals surface area contributed by atoms with Gasteiger partial charge in [0.1, 0.15) is 11.6 Å². The fourth-order valence-corrected chi connectivity index (χ4v) is 1.96. The first-order valence-corrected chi connectivity index (χ1v) is 6.02. The van der Waals surface area contributed by atoms with Crippen LogP contribution in [0.1, 0.15) is 27.6 Å². The average molecular weight is 260 g/mol. The van der Waals surface area contributed by atoms with E-state index in [1.165, 1.54) is 0 Å². The minimum atomic E-state index is -0.992. The lowest BCUT2D eigenvalue weighted by Crippen LogP contribution is -2.03. The maximum atomic E-state index is 11.0. The van der Waals surface area contributed by atoms with Gasteiger partial charge in [0.05, 0.1) is 7.11 Å². The summed E-state index contributed by atoms with van der Waals surface area (Å²) in [6, 6.07) is 7.74. The number of nitrogens with zero attached hydrogens (tertiary/aromatic N) is 1. The first kappa shape index (κ1) is 13.1. The highest BCUT2D eigenvalue weighted by atomic mass is 16.5. The summed E-state index contributed by atoms with van der Waals surface area (Å²) in [5, 5.41) is 9.05. The van der Waals surface area contributed by atoms with Crippen LogP contribution in [0.15, 0.2) is 24.3 Å². The molecule has 0 saturated heterocycles. The molecule has 1 heterocycles. The number of carbonyl (C=O) groups is 1. The second-order valence-corrected chi connectivity index (χ2v) is 4.30. The molecular formula is C14H16N2O3. The largest absolute Gasteiger partial charge is 0.497 e. The van der Waals surface area contributed by atoms with Gasteiger partial charge in [-0.25, -0.2) is 9.78 Å². The summed E-state index contributed by atoms with van der Waals surface area (Å²) in [5.74, 6) is 0.448. The van der Waals surface area contributed by atoms with Crippen LogP contribution in [0.25, 0.3) is 0 Å². The monoisotopic (exact) mass is 260 g/mol. The van der Waals surface area contributed by atoms with E-state index in [-0.39, 0.29) is 5.69 Å². The minimum Gasteiger partial charge on any atom is -0.497 e. The number of nitrogens with one attached hydrogen (secondary N) is 1. The van der Waals surface area contributed by atoms with E-state index >= 15 is 0 Å². The van der Waals surface area contributed by atoms with E-state index in [1.807, 2.05) is 24.3 Å². The Morgan fingerprint density at radius 3 is 2.58 bits per heavy atom. The number of carboxylic acid groups (broad SMARTS) is 1. The van der Waals surface area contributed by atoms with Crippen molar-refractivity contribution in [1.82, 2.24) is 9.97 Å². The van der Waals surface area contributed by atoms with Crippen LogP contribution in [-0.4, -0.2) is 28.2 Å². The molecule has 0 bridgehead atoms. The van der Waals surface area contributed by atoms with Crippen molar-refractivity contribution in [3.8, 4) is 5.75 Å². The smallest absolute Gasteiger partial charge is 0.356 e. The van der Waals surface area contributed by atoms with Gasteiger partial charge < -0.3 is 14.8 Å². The van der Waals surface area contributed by atoms with E-state index in [9.17, 15) is 4.79 Å². The first-order chi connectivity index (χ1) is 9.10. The number of aromatic carboxylic acids is 1. The lowest BCUT2D eigenvalue weighted by molar-refractivity contribution is 0.0689. The summed E-state index contributed by atoms with van der Waals surface area (Å²) in [6.45, 7) is 1.75. The van der Waals surface area contributed by atoms with Crippen molar-refractivity contribution in [1.29, 1.82) is 0 Å². The second kappa shape index (κ2) is 5.56. The standard InChI is InChI=1S/C14H16N2O3/c1-9-15-12(13(16-9)14(17)18)8-5-10-3-6-11(19-2)7-4-10/h3-4,6-7H,5,8H2,1-2H3,(H,15,16)(H,17,18). The zero-order valence-corrected chi connectivity index (χ0v) is 10.9. The van der Waals surface area contributed by atoms with Crippen LogP contribution in [0.5, 0.6) is 5.75 Å². The molecule has 2 rings (SSSR count). The number of methoxy groups -OCH3 is 1. The number of aryl methyl sites for hydroxylation is 3. The third kappa shape index (κ3) is 3.13. The quantitative estimate of drug-likeness (QED) is 0.864. The summed E-state index contributed by atoms with van der Waals surface area (Å²) in [4.78, 5) is 18.0. The zero-order valence-electron chi connectivity index (χ0n) is 10.9. The van der Waals surface area contributed by atoms with E-state index < -0.39 is 5.97 Å². The Morgan fingerprint density at radius 1 is 1.32 bits per heavy atom. The number of hydrogen-bond donors (Lipinski definition) is 2. The highest BCUT2D eigenvalue weighted by Gasteiger charge is 2.14. The Bertz CT molecular complexity index is 573. The third-order valence-corrected chi connectivity index (χ3v) is 2.92. The number of carboxylic acids is 1. The van der Waals surface area contributed by atoms with Crippen molar-refractivity contribution < 1.29 is 14.6 Å². The van der Waals surface area contributed by atoms with E-state index in [0.717, 1.165) is 17.7 Å². The molecule has 2 N–H and O–H groups in total. The number of ether oxygens (including phenoxy) is 1. The lowest BCUT2D eigenvalue weighted by atomic mass is 10.1. The average Bonchev–Trinajstić information content (AvgIpc) is 2.78. The van der Waals surface area contributed by atoms with Crippen molar-refractivity contribution >= 4 is 5.97 Å². The number of hydrogen-bond acceptors (Lipinski definition) is 3. The maximum Gasteiger partial charge on any atom is 0.356 e. The molecule has 0 fully saturated rings. The van der Waals surface area contributed by atoms with E-state index in [2.05, 4.69) is 9.97 Å². The van der Waals surface area contributed by atoms with Gasteiger partial charge in [0.15, 0.2) is 5.69 Å². The molecule has 19 heavy (non-hydrogen) atoms. The Labute approximate surface area is 111 Å². The Morgan fingerprint density at radius 2 is 2.00 bits per heavy atom. The molecular weight excluding hydrogens is 244 g/mol. The Kier molecular flexibility index (Phi) is 3.85. The van der Waals surface area contributed by atoms with Gasteiger partial charge in [0.25, 0.3) is 0 Å². The van der Waals surface area contributed by atoms with Crippen molar-refractivity contribution in [3.63, 3.8) is 0 Å². The summed E-state index contributed by atoms with van der Waals surface area (Å²) < 4.78 is 5.09. The van der Waals surface area contributed by atoms with E-state index in [4.69, 9.17) is 9.84 Å². The molecule has 0 saturated carbocycles. The summed E-state index contributed by atoms with van der Waals surface area (Å²) >= 11 is 0. The molecule has 1 aromatic carbocycles. The molecule has 0 radical (unpaired) electrons. The van der Waals surface area contributed by atoms with Crippen LogP contribution in [0.2, 0.25) is 0 Å². The van der Waals surface area contributed by atoms with Crippen molar-refractivity contribution in [2.75, 3.05) is 7.11 Å². The molecule has 5 nitrogen and oxygen atoms in total. The Hall–Kier alpha value is -2.30. The normalized spacial score (nSPS) is 10.4. The molecule has 0 atom stereocenters. The van der Waals surface area contributed by atoms with Gasteiger partial charge in [-0.2, -0.15) is 0 Å².